The number of amides is 1. The highest BCUT2D eigenvalue weighted by Gasteiger charge is 2.13. The molecule has 0 heterocycles. The number of halogens is 1. The number of nitrogens with zero attached hydrogens (tertiary/aromatic N) is 1. The maximum Gasteiger partial charge on any atom is 0.266 e. The molecular formula is C31H25FN2O3. The third kappa shape index (κ3) is 6.83. The average molecular weight is 493 g/mol. The van der Waals surface area contributed by atoms with Crippen LogP contribution in [0, 0.1) is 17.1 Å². The van der Waals surface area contributed by atoms with Gasteiger partial charge in [-0.25, -0.2) is 4.39 Å². The van der Waals surface area contributed by atoms with Crippen LogP contribution in [-0.4, -0.2) is 13.0 Å². The summed E-state index contributed by atoms with van der Waals surface area (Å²) in [5.74, 6) is 0.387. The molecule has 5 nitrogen and oxygen atoms in total. The van der Waals surface area contributed by atoms with Crippen LogP contribution in [-0.2, 0) is 17.8 Å². The van der Waals surface area contributed by atoms with Gasteiger partial charge < -0.3 is 14.8 Å². The fraction of sp³-hybridized carbons (Fsp3) is 0.0968. The Hall–Kier alpha value is -4.89. The summed E-state index contributed by atoms with van der Waals surface area (Å²) in [6.45, 7) is 0.435. The minimum Gasteiger partial charge on any atom is -0.497 e. The highest BCUT2D eigenvalue weighted by molar-refractivity contribution is 6.09. The molecule has 1 amide bonds. The molecule has 0 saturated heterocycles. The molecule has 0 bridgehead atoms. The molecule has 0 aliphatic rings. The third-order valence-electron chi connectivity index (χ3n) is 5.71. The summed E-state index contributed by atoms with van der Waals surface area (Å²) < 4.78 is 25.4. The molecule has 0 aliphatic carbocycles. The van der Waals surface area contributed by atoms with Gasteiger partial charge in [0, 0.05) is 12.1 Å². The predicted molar refractivity (Wildman–Crippen MR) is 142 cm³/mol. The molecule has 37 heavy (non-hydrogen) atoms. The number of methoxy groups -OCH3 is 1. The summed E-state index contributed by atoms with van der Waals surface area (Å²) in [4.78, 5) is 12.9. The van der Waals surface area contributed by atoms with Crippen LogP contribution in [0.5, 0.6) is 11.5 Å². The molecule has 0 unspecified atom stereocenters. The van der Waals surface area contributed by atoms with Gasteiger partial charge in [0.05, 0.1) is 7.11 Å². The summed E-state index contributed by atoms with van der Waals surface area (Å²) in [6.07, 6.45) is 1.78. The lowest BCUT2D eigenvalue weighted by molar-refractivity contribution is -0.112. The van der Waals surface area contributed by atoms with Gasteiger partial charge in [-0.3, -0.25) is 4.79 Å². The van der Waals surface area contributed by atoms with Crippen molar-refractivity contribution >= 4 is 17.7 Å². The highest BCUT2D eigenvalue weighted by Crippen LogP contribution is 2.25. The van der Waals surface area contributed by atoms with E-state index in [-0.39, 0.29) is 17.8 Å². The second kappa shape index (κ2) is 12.2. The summed E-state index contributed by atoms with van der Waals surface area (Å²) >= 11 is 0. The Morgan fingerprint density at radius 3 is 2.32 bits per heavy atom. The number of carbonyl (C=O) groups excluding carboxylic acids is 1. The van der Waals surface area contributed by atoms with Crippen LogP contribution < -0.4 is 14.8 Å². The first-order chi connectivity index (χ1) is 18.1. The lowest BCUT2D eigenvalue weighted by Crippen LogP contribution is -2.13. The maximum absolute atomic E-state index is 14.3. The molecule has 0 radical (unpaired) electrons. The Bertz CT molecular complexity index is 1440. The number of hydrogen-bond acceptors (Lipinski definition) is 4. The SMILES string of the molecule is COc1ccc(/C=C(\C#N)C(=O)Nc2ccc(OCc3ccccc3)cc2)c(Cc2ccccc2F)c1. The van der Waals surface area contributed by atoms with Crippen LogP contribution in [0.3, 0.4) is 0 Å². The van der Waals surface area contributed by atoms with Gasteiger partial charge in [-0.05, 0) is 70.8 Å². The molecule has 0 spiro atoms. The number of hydrogen-bond donors (Lipinski definition) is 1. The van der Waals surface area contributed by atoms with Gasteiger partial charge in [0.1, 0.15) is 35.6 Å². The zero-order valence-electron chi connectivity index (χ0n) is 20.3. The molecule has 0 aromatic heterocycles. The highest BCUT2D eigenvalue weighted by atomic mass is 19.1. The topological polar surface area (TPSA) is 71.3 Å². The smallest absolute Gasteiger partial charge is 0.266 e. The van der Waals surface area contributed by atoms with Gasteiger partial charge >= 0.3 is 0 Å². The molecule has 0 aliphatic heterocycles. The number of benzene rings is 4. The fourth-order valence-corrected chi connectivity index (χ4v) is 3.73. The number of anilines is 1. The van der Waals surface area contributed by atoms with Crippen LogP contribution in [0.25, 0.3) is 6.08 Å². The second-order valence-corrected chi connectivity index (χ2v) is 8.26. The zero-order chi connectivity index (χ0) is 26.0. The minimum atomic E-state index is -0.548. The van der Waals surface area contributed by atoms with Crippen LogP contribution in [0.15, 0.2) is 103 Å². The standard InChI is InChI=1S/C31H25FN2O3/c1-36-29-14-11-23(25(19-29)18-24-9-5-6-10-30(24)32)17-26(20-33)31(35)34-27-12-15-28(16-13-27)37-21-22-7-3-2-4-8-22/h2-17,19H,18,21H2,1H3,(H,34,35)/b26-17+. The van der Waals surface area contributed by atoms with E-state index in [0.29, 0.717) is 34.9 Å². The Morgan fingerprint density at radius 1 is 0.919 bits per heavy atom. The van der Waals surface area contributed by atoms with E-state index in [1.54, 1.807) is 67.8 Å². The number of nitriles is 1. The largest absolute Gasteiger partial charge is 0.497 e. The number of rotatable bonds is 9. The Balaban J connectivity index is 1.48. The van der Waals surface area contributed by atoms with E-state index in [4.69, 9.17) is 9.47 Å². The Morgan fingerprint density at radius 2 is 1.62 bits per heavy atom. The molecule has 4 rings (SSSR count). The first-order valence-corrected chi connectivity index (χ1v) is 11.7. The van der Waals surface area contributed by atoms with E-state index in [1.165, 1.54) is 12.1 Å². The monoisotopic (exact) mass is 492 g/mol. The second-order valence-electron chi connectivity index (χ2n) is 8.26. The molecule has 0 atom stereocenters. The van der Waals surface area contributed by atoms with Crippen molar-refractivity contribution in [3.05, 3.63) is 131 Å². The first-order valence-electron chi connectivity index (χ1n) is 11.7. The Labute approximate surface area is 215 Å². The maximum atomic E-state index is 14.3. The number of carbonyl (C=O) groups is 1. The molecule has 4 aromatic carbocycles. The molecule has 1 N–H and O–H groups in total. The number of ether oxygens (including phenoxy) is 2. The van der Waals surface area contributed by atoms with Crippen molar-refractivity contribution < 1.29 is 18.7 Å². The van der Waals surface area contributed by atoms with Gasteiger partial charge in [-0.15, -0.1) is 0 Å². The van der Waals surface area contributed by atoms with Crippen molar-refractivity contribution in [2.24, 2.45) is 0 Å². The summed E-state index contributed by atoms with van der Waals surface area (Å²) in [5, 5.41) is 12.4. The lowest BCUT2D eigenvalue weighted by atomic mass is 9.97. The van der Waals surface area contributed by atoms with E-state index in [0.717, 1.165) is 11.1 Å². The van der Waals surface area contributed by atoms with Crippen LogP contribution in [0.4, 0.5) is 10.1 Å². The minimum absolute atomic E-state index is 0.0793. The van der Waals surface area contributed by atoms with Crippen molar-refractivity contribution in [1.82, 2.24) is 0 Å². The zero-order valence-corrected chi connectivity index (χ0v) is 20.3. The third-order valence-corrected chi connectivity index (χ3v) is 5.71. The van der Waals surface area contributed by atoms with Crippen LogP contribution >= 0.6 is 0 Å². The van der Waals surface area contributed by atoms with E-state index >= 15 is 0 Å². The summed E-state index contributed by atoms with van der Waals surface area (Å²) in [6, 6.07) is 30.5. The van der Waals surface area contributed by atoms with Gasteiger partial charge in [0.15, 0.2) is 0 Å². The van der Waals surface area contributed by atoms with Crippen molar-refractivity contribution in [2.75, 3.05) is 12.4 Å². The van der Waals surface area contributed by atoms with Crippen LogP contribution in [0.1, 0.15) is 22.3 Å². The van der Waals surface area contributed by atoms with Crippen molar-refractivity contribution in [2.45, 2.75) is 13.0 Å². The molecule has 184 valence electrons. The number of nitrogens with one attached hydrogen (secondary N) is 1. The summed E-state index contributed by atoms with van der Waals surface area (Å²) in [5.41, 5.74) is 3.36. The van der Waals surface area contributed by atoms with Crippen molar-refractivity contribution in [1.29, 1.82) is 5.26 Å². The molecule has 6 heteroatoms. The fourth-order valence-electron chi connectivity index (χ4n) is 3.73. The lowest BCUT2D eigenvalue weighted by Gasteiger charge is -2.11. The van der Waals surface area contributed by atoms with Crippen LogP contribution in [0.2, 0.25) is 0 Å². The quantitative estimate of drug-likeness (QED) is 0.212. The Kier molecular flexibility index (Phi) is 8.30. The molecule has 0 fully saturated rings. The molecule has 0 saturated carbocycles. The van der Waals surface area contributed by atoms with Crippen molar-refractivity contribution in [3.8, 4) is 17.6 Å². The average Bonchev–Trinajstić information content (AvgIpc) is 2.93. The van der Waals surface area contributed by atoms with Crippen molar-refractivity contribution in [3.63, 3.8) is 0 Å². The van der Waals surface area contributed by atoms with E-state index in [1.807, 2.05) is 36.4 Å². The van der Waals surface area contributed by atoms with E-state index in [9.17, 15) is 14.4 Å². The van der Waals surface area contributed by atoms with E-state index < -0.39 is 5.91 Å². The van der Waals surface area contributed by atoms with Gasteiger partial charge in [0.2, 0.25) is 0 Å². The van der Waals surface area contributed by atoms with E-state index in [2.05, 4.69) is 5.32 Å². The predicted octanol–water partition coefficient (Wildman–Crippen LogP) is 6.55. The van der Waals surface area contributed by atoms with Gasteiger partial charge in [-0.2, -0.15) is 5.26 Å². The summed E-state index contributed by atoms with van der Waals surface area (Å²) in [7, 11) is 1.55. The molecular weight excluding hydrogens is 467 g/mol. The molecule has 4 aromatic rings. The first kappa shape index (κ1) is 25.2. The normalized spacial score (nSPS) is 10.9. The van der Waals surface area contributed by atoms with Gasteiger partial charge in [0.25, 0.3) is 5.91 Å². The van der Waals surface area contributed by atoms with Gasteiger partial charge in [-0.1, -0.05) is 54.6 Å².